The molecule has 1 N–H and O–H groups in total. The lowest BCUT2D eigenvalue weighted by Crippen LogP contribution is -2.54. The van der Waals surface area contributed by atoms with Gasteiger partial charge in [-0.25, -0.2) is 4.98 Å². The maximum Gasteiger partial charge on any atom is 0.433 e. The van der Waals surface area contributed by atoms with Gasteiger partial charge in [-0.3, -0.25) is 4.79 Å². The number of carbonyl (C=O) groups is 1. The highest BCUT2D eigenvalue weighted by molar-refractivity contribution is 5.84. The Hall–Kier alpha value is -3.03. The molecule has 8 heteroatoms. The van der Waals surface area contributed by atoms with Crippen molar-refractivity contribution in [2.24, 2.45) is 0 Å². The van der Waals surface area contributed by atoms with E-state index in [9.17, 15) is 18.0 Å². The van der Waals surface area contributed by atoms with Gasteiger partial charge in [0.05, 0.1) is 13.1 Å². The monoisotopic (exact) mass is 377 g/mol. The topological polar surface area (TPSA) is 54.5 Å². The summed E-state index contributed by atoms with van der Waals surface area (Å²) < 4.78 is 43.6. The van der Waals surface area contributed by atoms with Gasteiger partial charge in [0, 0.05) is 24.4 Å². The number of anilines is 1. The van der Waals surface area contributed by atoms with E-state index in [0.717, 1.165) is 17.3 Å². The molecule has 1 aromatic heterocycles. The van der Waals surface area contributed by atoms with Gasteiger partial charge < -0.3 is 15.0 Å². The molecule has 0 unspecified atom stereocenters. The van der Waals surface area contributed by atoms with Crippen LogP contribution in [0.5, 0.6) is 5.88 Å². The van der Waals surface area contributed by atoms with Crippen molar-refractivity contribution < 1.29 is 22.7 Å². The molecule has 142 valence electrons. The molecule has 0 bridgehead atoms. The number of nitrogens with zero attached hydrogens (tertiary/aromatic N) is 2. The first kappa shape index (κ1) is 18.8. The minimum absolute atomic E-state index is 0.0311. The highest BCUT2D eigenvalue weighted by atomic mass is 19.4. The van der Waals surface area contributed by atoms with Crippen LogP contribution in [0.25, 0.3) is 5.70 Å². The van der Waals surface area contributed by atoms with E-state index in [2.05, 4.69) is 16.9 Å². The predicted octanol–water partition coefficient (Wildman–Crippen LogP) is 3.47. The van der Waals surface area contributed by atoms with Crippen molar-refractivity contribution in [3.63, 3.8) is 0 Å². The normalized spacial score (nSPS) is 14.4. The average Bonchev–Trinajstić information content (AvgIpc) is 2.57. The molecule has 5 nitrogen and oxygen atoms in total. The summed E-state index contributed by atoms with van der Waals surface area (Å²) in [5, 5.41) is 2.63. The number of benzene rings is 1. The SMILES string of the molecule is C=C(NC(C)=O)c1ccc(N2CC(Oc3cccc(C(F)(F)F)n3)C2)cc1. The molecular weight excluding hydrogens is 359 g/mol. The Balaban J connectivity index is 1.55. The Morgan fingerprint density at radius 1 is 1.22 bits per heavy atom. The number of alkyl halides is 3. The van der Waals surface area contributed by atoms with E-state index >= 15 is 0 Å². The first-order chi connectivity index (χ1) is 12.7. The number of halogens is 3. The summed E-state index contributed by atoms with van der Waals surface area (Å²) in [6.07, 6.45) is -4.72. The fourth-order valence-corrected chi connectivity index (χ4v) is 2.69. The molecule has 1 aliphatic rings. The lowest BCUT2D eigenvalue weighted by Gasteiger charge is -2.40. The zero-order valence-electron chi connectivity index (χ0n) is 14.6. The number of carbonyl (C=O) groups excluding carboxylic acids is 1. The van der Waals surface area contributed by atoms with Crippen LogP contribution >= 0.6 is 0 Å². The molecule has 1 aliphatic heterocycles. The van der Waals surface area contributed by atoms with Crippen molar-refractivity contribution in [2.45, 2.75) is 19.2 Å². The lowest BCUT2D eigenvalue weighted by atomic mass is 10.1. The second kappa shape index (κ2) is 7.30. The van der Waals surface area contributed by atoms with Crippen molar-refractivity contribution in [1.29, 1.82) is 0 Å². The van der Waals surface area contributed by atoms with Gasteiger partial charge in [-0.1, -0.05) is 24.8 Å². The first-order valence-electron chi connectivity index (χ1n) is 8.25. The molecule has 0 aliphatic carbocycles. The zero-order chi connectivity index (χ0) is 19.6. The minimum atomic E-state index is -4.49. The summed E-state index contributed by atoms with van der Waals surface area (Å²) in [7, 11) is 0. The van der Waals surface area contributed by atoms with Crippen LogP contribution in [0, 0.1) is 0 Å². The molecule has 0 spiro atoms. The third-order valence-electron chi connectivity index (χ3n) is 4.06. The summed E-state index contributed by atoms with van der Waals surface area (Å²) in [6.45, 7) is 6.31. The molecule has 1 saturated heterocycles. The van der Waals surface area contributed by atoms with Gasteiger partial charge in [0.1, 0.15) is 11.8 Å². The van der Waals surface area contributed by atoms with Crippen LogP contribution in [0.2, 0.25) is 0 Å². The van der Waals surface area contributed by atoms with Crippen LogP contribution in [0.3, 0.4) is 0 Å². The fraction of sp³-hybridized carbons (Fsp3) is 0.263. The van der Waals surface area contributed by atoms with Crippen LogP contribution in [0.1, 0.15) is 18.2 Å². The fourth-order valence-electron chi connectivity index (χ4n) is 2.69. The highest BCUT2D eigenvalue weighted by Gasteiger charge is 2.34. The van der Waals surface area contributed by atoms with E-state index in [1.165, 1.54) is 19.1 Å². The molecule has 2 aromatic rings. The molecule has 1 amide bonds. The predicted molar refractivity (Wildman–Crippen MR) is 95.2 cm³/mol. The van der Waals surface area contributed by atoms with Crippen LogP contribution in [-0.4, -0.2) is 30.1 Å². The van der Waals surface area contributed by atoms with Gasteiger partial charge >= 0.3 is 6.18 Å². The number of ether oxygens (including phenoxy) is 1. The van der Waals surface area contributed by atoms with Crippen LogP contribution in [0.15, 0.2) is 49.0 Å². The van der Waals surface area contributed by atoms with Crippen molar-refractivity contribution >= 4 is 17.3 Å². The Morgan fingerprint density at radius 3 is 2.48 bits per heavy atom. The molecule has 1 aromatic carbocycles. The van der Waals surface area contributed by atoms with Crippen molar-refractivity contribution in [2.75, 3.05) is 18.0 Å². The summed E-state index contributed by atoms with van der Waals surface area (Å²) >= 11 is 0. The first-order valence-corrected chi connectivity index (χ1v) is 8.25. The Kier molecular flexibility index (Phi) is 5.07. The largest absolute Gasteiger partial charge is 0.471 e. The number of rotatable bonds is 5. The van der Waals surface area contributed by atoms with Crippen molar-refractivity contribution in [3.05, 3.63) is 60.3 Å². The van der Waals surface area contributed by atoms with Crippen LogP contribution < -0.4 is 15.0 Å². The molecule has 27 heavy (non-hydrogen) atoms. The van der Waals surface area contributed by atoms with Gasteiger partial charge in [-0.05, 0) is 23.8 Å². The van der Waals surface area contributed by atoms with E-state index in [0.29, 0.717) is 18.8 Å². The minimum Gasteiger partial charge on any atom is -0.471 e. The Morgan fingerprint density at radius 2 is 1.89 bits per heavy atom. The maximum absolute atomic E-state index is 12.7. The van der Waals surface area contributed by atoms with Gasteiger partial charge in [-0.15, -0.1) is 0 Å². The standard InChI is InChI=1S/C19H18F3N3O2/c1-12(23-13(2)26)14-6-8-15(9-7-14)25-10-16(11-25)27-18-5-3-4-17(24-18)19(20,21)22/h3-9,16H,1,10-11H2,2H3,(H,23,26). The van der Waals surface area contributed by atoms with E-state index < -0.39 is 11.9 Å². The van der Waals surface area contributed by atoms with Gasteiger partial charge in [-0.2, -0.15) is 13.2 Å². The number of nitrogens with one attached hydrogen (secondary N) is 1. The number of hydrogen-bond acceptors (Lipinski definition) is 4. The van der Waals surface area contributed by atoms with Crippen molar-refractivity contribution in [3.8, 4) is 5.88 Å². The quantitative estimate of drug-likeness (QED) is 0.867. The van der Waals surface area contributed by atoms with Gasteiger partial charge in [0.15, 0.2) is 0 Å². The molecule has 3 rings (SSSR count). The second-order valence-corrected chi connectivity index (χ2v) is 6.21. The van der Waals surface area contributed by atoms with Crippen molar-refractivity contribution in [1.82, 2.24) is 10.3 Å². The van der Waals surface area contributed by atoms with E-state index in [4.69, 9.17) is 4.74 Å². The van der Waals surface area contributed by atoms with E-state index in [1.807, 2.05) is 29.2 Å². The number of amides is 1. The molecule has 0 radical (unpaired) electrons. The molecule has 0 atom stereocenters. The Bertz CT molecular complexity index is 844. The lowest BCUT2D eigenvalue weighted by molar-refractivity contribution is -0.141. The summed E-state index contributed by atoms with van der Waals surface area (Å²) in [5.74, 6) is -0.216. The number of pyridine rings is 1. The van der Waals surface area contributed by atoms with Gasteiger partial charge in [0.2, 0.25) is 11.8 Å². The smallest absolute Gasteiger partial charge is 0.433 e. The third kappa shape index (κ3) is 4.58. The Labute approximate surface area is 154 Å². The highest BCUT2D eigenvalue weighted by Crippen LogP contribution is 2.30. The number of aromatic nitrogens is 1. The zero-order valence-corrected chi connectivity index (χ0v) is 14.6. The molecule has 0 saturated carbocycles. The van der Waals surface area contributed by atoms with E-state index in [-0.39, 0.29) is 17.9 Å². The summed E-state index contributed by atoms with van der Waals surface area (Å²) in [4.78, 5) is 16.6. The second-order valence-electron chi connectivity index (χ2n) is 6.21. The summed E-state index contributed by atoms with van der Waals surface area (Å²) in [6, 6.07) is 11.1. The van der Waals surface area contributed by atoms with Crippen LogP contribution in [0.4, 0.5) is 18.9 Å². The van der Waals surface area contributed by atoms with Crippen LogP contribution in [-0.2, 0) is 11.0 Å². The number of hydrogen-bond donors (Lipinski definition) is 1. The molecular formula is C19H18F3N3O2. The molecule has 2 heterocycles. The molecule has 1 fully saturated rings. The maximum atomic E-state index is 12.7. The third-order valence-corrected chi connectivity index (χ3v) is 4.06. The average molecular weight is 377 g/mol. The summed E-state index contributed by atoms with van der Waals surface area (Å²) in [5.41, 5.74) is 1.31. The van der Waals surface area contributed by atoms with Gasteiger partial charge in [0.25, 0.3) is 0 Å². The van der Waals surface area contributed by atoms with E-state index in [1.54, 1.807) is 0 Å².